The molecular formula is C31H31FN10O2. The molecular weight excluding hydrogens is 563 g/mol. The number of pyridine rings is 1. The van der Waals surface area contributed by atoms with E-state index in [4.69, 9.17) is 9.72 Å². The predicted octanol–water partition coefficient (Wildman–Crippen LogP) is 5.65. The summed E-state index contributed by atoms with van der Waals surface area (Å²) in [5.41, 5.74) is 3.86. The van der Waals surface area contributed by atoms with Crippen molar-refractivity contribution in [2.45, 2.75) is 58.9 Å². The van der Waals surface area contributed by atoms with Crippen LogP contribution in [0.1, 0.15) is 55.9 Å². The number of nitrogens with zero attached hydrogens (tertiary/aromatic N) is 9. The zero-order valence-electron chi connectivity index (χ0n) is 25.0. The van der Waals surface area contributed by atoms with E-state index in [9.17, 15) is 14.4 Å². The third-order valence-corrected chi connectivity index (χ3v) is 7.19. The summed E-state index contributed by atoms with van der Waals surface area (Å²) in [7, 11) is 0. The van der Waals surface area contributed by atoms with Gasteiger partial charge in [0.05, 0.1) is 29.3 Å². The molecule has 1 saturated heterocycles. The Hall–Kier alpha value is -5.38. The van der Waals surface area contributed by atoms with Crippen LogP contribution < -0.4 is 5.32 Å². The van der Waals surface area contributed by atoms with E-state index in [1.165, 1.54) is 4.90 Å². The normalized spacial score (nSPS) is 16.7. The molecule has 1 fully saturated rings. The number of nitrogens with one attached hydrogen (secondary N) is 1. The Bertz CT molecular complexity index is 1900. The number of amides is 1. The van der Waals surface area contributed by atoms with E-state index in [2.05, 4.69) is 31.7 Å². The summed E-state index contributed by atoms with van der Waals surface area (Å²) in [5.74, 6) is 1.53. The van der Waals surface area contributed by atoms with E-state index in [0.717, 1.165) is 22.4 Å². The van der Waals surface area contributed by atoms with E-state index >= 15 is 0 Å². The molecule has 0 saturated carbocycles. The molecule has 1 aliphatic heterocycles. The SMILES string of the molecule is Cc1ccc(Nc2ccc3c(c2)ncn3-c2ccc([C@@H]3C[C@H](F)CN3C(=O)OC(C)(C)C)c(-n3nc(C#N)cc3C)n2)nn1. The number of likely N-dealkylation sites (tertiary alicyclic amines) is 1. The Morgan fingerprint density at radius 2 is 1.93 bits per heavy atom. The van der Waals surface area contributed by atoms with Crippen LogP contribution in [0.3, 0.4) is 0 Å². The van der Waals surface area contributed by atoms with Crippen molar-refractivity contribution in [2.75, 3.05) is 11.9 Å². The highest BCUT2D eigenvalue weighted by Gasteiger charge is 2.40. The third-order valence-electron chi connectivity index (χ3n) is 7.19. The van der Waals surface area contributed by atoms with Crippen LogP contribution in [0, 0.1) is 25.2 Å². The first-order valence-corrected chi connectivity index (χ1v) is 14.2. The average molecular weight is 595 g/mol. The van der Waals surface area contributed by atoms with Crippen LogP contribution >= 0.6 is 0 Å². The maximum Gasteiger partial charge on any atom is 0.410 e. The van der Waals surface area contributed by atoms with Gasteiger partial charge in [0, 0.05) is 23.4 Å². The van der Waals surface area contributed by atoms with Crippen molar-refractivity contribution in [2.24, 2.45) is 0 Å². The standard InChI is InChI=1S/C31H31FN10O2/c1-18-6-10-27(38-37-18)35-21-7-9-25-24(14-21)34-17-41(25)28-11-8-23(29(36-28)42-19(2)12-22(15-33)39-42)26-13-20(32)16-40(26)30(43)44-31(3,4)5/h6-12,14,17,20,26H,13,16H2,1-5H3,(H,35,38)/t20-,26-/m0/s1. The summed E-state index contributed by atoms with van der Waals surface area (Å²) >= 11 is 0. The summed E-state index contributed by atoms with van der Waals surface area (Å²) in [5, 5.41) is 25.4. The van der Waals surface area contributed by atoms with Gasteiger partial charge in [-0.3, -0.25) is 9.47 Å². The van der Waals surface area contributed by atoms with Crippen molar-refractivity contribution in [3.8, 4) is 17.7 Å². The molecule has 0 spiro atoms. The van der Waals surface area contributed by atoms with E-state index in [1.54, 1.807) is 43.9 Å². The predicted molar refractivity (Wildman–Crippen MR) is 161 cm³/mol. The van der Waals surface area contributed by atoms with Gasteiger partial charge < -0.3 is 10.1 Å². The lowest BCUT2D eigenvalue weighted by atomic mass is 10.0. The number of anilines is 2. The van der Waals surface area contributed by atoms with Crippen LogP contribution in [0.5, 0.6) is 0 Å². The topological polar surface area (TPSA) is 140 Å². The van der Waals surface area contributed by atoms with Crippen molar-refractivity contribution >= 4 is 28.6 Å². The summed E-state index contributed by atoms with van der Waals surface area (Å²) in [6.07, 6.45) is -0.0924. The first-order chi connectivity index (χ1) is 21.0. The molecule has 5 heterocycles. The highest BCUT2D eigenvalue weighted by Crippen LogP contribution is 2.38. The van der Waals surface area contributed by atoms with Crippen molar-refractivity contribution in [1.82, 2.24) is 39.4 Å². The van der Waals surface area contributed by atoms with Gasteiger partial charge in [-0.1, -0.05) is 0 Å². The van der Waals surface area contributed by atoms with Gasteiger partial charge in [0.25, 0.3) is 0 Å². The third kappa shape index (κ3) is 5.66. The Labute approximate surface area is 253 Å². The molecule has 1 amide bonds. The lowest BCUT2D eigenvalue weighted by molar-refractivity contribution is 0.0216. The summed E-state index contributed by atoms with van der Waals surface area (Å²) in [6, 6.07) is 16.2. The maximum absolute atomic E-state index is 14.9. The lowest BCUT2D eigenvalue weighted by Crippen LogP contribution is -2.37. The van der Waals surface area contributed by atoms with Gasteiger partial charge in [0.15, 0.2) is 17.3 Å². The first kappa shape index (κ1) is 28.7. The van der Waals surface area contributed by atoms with E-state index in [-0.39, 0.29) is 18.7 Å². The Morgan fingerprint density at radius 1 is 1.11 bits per heavy atom. The molecule has 5 aromatic rings. The number of rotatable bonds is 5. The van der Waals surface area contributed by atoms with Gasteiger partial charge in [0.2, 0.25) is 0 Å². The minimum absolute atomic E-state index is 0.0772. The highest BCUT2D eigenvalue weighted by molar-refractivity contribution is 5.82. The van der Waals surface area contributed by atoms with Gasteiger partial charge in [-0.15, -0.1) is 5.10 Å². The molecule has 0 unspecified atom stereocenters. The fourth-order valence-electron chi connectivity index (χ4n) is 5.24. The quantitative estimate of drug-likeness (QED) is 0.273. The number of hydrogen-bond acceptors (Lipinski definition) is 9. The van der Waals surface area contributed by atoms with Crippen LogP contribution in [0.25, 0.3) is 22.7 Å². The lowest BCUT2D eigenvalue weighted by Gasteiger charge is -2.29. The number of aryl methyl sites for hydroxylation is 2. The summed E-state index contributed by atoms with van der Waals surface area (Å²) < 4.78 is 23.9. The van der Waals surface area contributed by atoms with E-state index in [0.29, 0.717) is 28.7 Å². The molecule has 13 heteroatoms. The summed E-state index contributed by atoms with van der Waals surface area (Å²) in [6.45, 7) is 8.90. The molecule has 4 aromatic heterocycles. The number of carbonyl (C=O) groups is 1. The van der Waals surface area contributed by atoms with Crippen LogP contribution in [-0.2, 0) is 4.74 Å². The molecule has 224 valence electrons. The van der Waals surface area contributed by atoms with Crippen molar-refractivity contribution in [1.29, 1.82) is 5.26 Å². The van der Waals surface area contributed by atoms with Crippen molar-refractivity contribution in [3.05, 3.63) is 77.5 Å². The number of aromatic nitrogens is 7. The number of benzene rings is 1. The number of imidazole rings is 1. The van der Waals surface area contributed by atoms with Gasteiger partial charge >= 0.3 is 6.09 Å². The van der Waals surface area contributed by atoms with Gasteiger partial charge in [0.1, 0.15) is 30.0 Å². The number of hydrogen-bond donors (Lipinski definition) is 1. The number of halogens is 1. The zero-order chi connectivity index (χ0) is 31.2. The Morgan fingerprint density at radius 3 is 2.64 bits per heavy atom. The van der Waals surface area contributed by atoms with Gasteiger partial charge in [-0.05, 0) is 83.1 Å². The van der Waals surface area contributed by atoms with Crippen molar-refractivity contribution in [3.63, 3.8) is 0 Å². The fourth-order valence-corrected chi connectivity index (χ4v) is 5.24. The number of alkyl halides is 1. The molecule has 12 nitrogen and oxygen atoms in total. The molecule has 1 N–H and O–H groups in total. The number of fused-ring (bicyclic) bond motifs is 1. The Kier molecular flexibility index (Phi) is 7.20. The summed E-state index contributed by atoms with van der Waals surface area (Å²) in [4.78, 5) is 24.1. The molecule has 0 radical (unpaired) electrons. The fraction of sp³-hybridized carbons (Fsp3) is 0.323. The van der Waals surface area contributed by atoms with Crippen LogP contribution in [0.15, 0.2) is 54.9 Å². The van der Waals surface area contributed by atoms with E-state index < -0.39 is 23.9 Å². The molecule has 6 rings (SSSR count). The first-order valence-electron chi connectivity index (χ1n) is 14.2. The second-order valence-corrected chi connectivity index (χ2v) is 11.8. The average Bonchev–Trinajstić information content (AvgIpc) is 3.69. The number of carbonyl (C=O) groups excluding carboxylic acids is 1. The zero-order valence-corrected chi connectivity index (χ0v) is 25.0. The van der Waals surface area contributed by atoms with Crippen LogP contribution in [0.4, 0.5) is 20.7 Å². The van der Waals surface area contributed by atoms with E-state index in [1.807, 2.05) is 54.8 Å². The smallest absolute Gasteiger partial charge is 0.410 e. The molecule has 1 aromatic carbocycles. The highest BCUT2D eigenvalue weighted by atomic mass is 19.1. The van der Waals surface area contributed by atoms with Crippen LogP contribution in [-0.4, -0.2) is 63.8 Å². The monoisotopic (exact) mass is 594 g/mol. The van der Waals surface area contributed by atoms with Crippen molar-refractivity contribution < 1.29 is 13.9 Å². The Balaban J connectivity index is 1.41. The second kappa shape index (κ2) is 11.0. The van der Waals surface area contributed by atoms with Gasteiger partial charge in [-0.25, -0.2) is 23.8 Å². The molecule has 0 aliphatic carbocycles. The minimum atomic E-state index is -1.24. The minimum Gasteiger partial charge on any atom is -0.444 e. The second-order valence-electron chi connectivity index (χ2n) is 11.8. The molecule has 1 aliphatic rings. The van der Waals surface area contributed by atoms with Gasteiger partial charge in [-0.2, -0.15) is 15.5 Å². The number of ether oxygens (including phenoxy) is 1. The maximum atomic E-state index is 14.9. The molecule has 0 bridgehead atoms. The molecule has 44 heavy (non-hydrogen) atoms. The molecule has 2 atom stereocenters. The number of nitriles is 1. The van der Waals surface area contributed by atoms with Crippen LogP contribution in [0.2, 0.25) is 0 Å². The largest absolute Gasteiger partial charge is 0.444 e.